The molecule has 3 aliphatic rings. The molecule has 2 fully saturated rings. The van der Waals surface area contributed by atoms with E-state index in [1.807, 2.05) is 55.5 Å². The normalized spacial score (nSPS) is 28.2. The van der Waals surface area contributed by atoms with Crippen LogP contribution in [0.25, 0.3) is 0 Å². The van der Waals surface area contributed by atoms with E-state index in [4.69, 9.17) is 9.47 Å². The van der Waals surface area contributed by atoms with Gasteiger partial charge in [0.1, 0.15) is 12.2 Å². The summed E-state index contributed by atoms with van der Waals surface area (Å²) in [4.78, 5) is 39.8. The summed E-state index contributed by atoms with van der Waals surface area (Å²) in [6.07, 6.45) is 2.52. The summed E-state index contributed by atoms with van der Waals surface area (Å²) >= 11 is 0. The molecule has 2 aromatic rings. The fraction of sp³-hybridized carbons (Fsp3) is 0.292. The van der Waals surface area contributed by atoms with Crippen LogP contribution in [0.15, 0.2) is 66.7 Å². The molecule has 0 unspecified atom stereocenters. The molecule has 3 aliphatic heterocycles. The zero-order chi connectivity index (χ0) is 21.6. The third-order valence-corrected chi connectivity index (χ3v) is 6.17. The minimum atomic E-state index is -1.05. The highest BCUT2D eigenvalue weighted by molar-refractivity contribution is 6.23. The number of amides is 3. The quantitative estimate of drug-likeness (QED) is 0.596. The number of hydrogen-bond donors (Lipinski definition) is 1. The highest BCUT2D eigenvalue weighted by atomic mass is 16.6. The second kappa shape index (κ2) is 7.35. The predicted molar refractivity (Wildman–Crippen MR) is 112 cm³/mol. The number of aryl methyl sites for hydroxylation is 1. The monoisotopic (exact) mass is 418 g/mol. The number of hydrogen-bond acceptors (Lipinski definition) is 5. The molecule has 7 heteroatoms. The number of carbonyl (C=O) groups is 3. The Bertz CT molecular complexity index is 1070. The van der Waals surface area contributed by atoms with Crippen LogP contribution in [-0.4, -0.2) is 36.2 Å². The number of nitrogens with one attached hydrogen (secondary N) is 1. The third kappa shape index (κ3) is 3.21. The maximum atomic E-state index is 13.3. The number of anilines is 1. The average molecular weight is 418 g/mol. The molecule has 4 atom stereocenters. The van der Waals surface area contributed by atoms with E-state index < -0.39 is 29.6 Å². The van der Waals surface area contributed by atoms with Gasteiger partial charge in [0.15, 0.2) is 0 Å². The van der Waals surface area contributed by atoms with E-state index in [1.54, 1.807) is 18.2 Å². The number of imide groups is 1. The Balaban J connectivity index is 1.29. The van der Waals surface area contributed by atoms with Gasteiger partial charge in [-0.25, -0.2) is 9.69 Å². The highest BCUT2D eigenvalue weighted by Gasteiger charge is 2.67. The SMILES string of the molecule is Cc1ccc(N2C(=O)[C@@H]3[C@@H](C2=O)[C@@]2(CNC(=O)OCc4ccccc4)C=C[C@H]3O2)cc1. The Hall–Kier alpha value is -3.45. The van der Waals surface area contributed by atoms with Gasteiger partial charge in [-0.15, -0.1) is 0 Å². The number of alkyl carbamates (subject to hydrolysis) is 1. The lowest BCUT2D eigenvalue weighted by molar-refractivity contribution is -0.126. The first kappa shape index (κ1) is 19.5. The molecular formula is C24H22N2O5. The number of ether oxygens (including phenoxy) is 2. The van der Waals surface area contributed by atoms with E-state index in [2.05, 4.69) is 5.32 Å². The van der Waals surface area contributed by atoms with Crippen molar-refractivity contribution in [1.29, 1.82) is 0 Å². The third-order valence-electron chi connectivity index (χ3n) is 6.17. The molecular weight excluding hydrogens is 396 g/mol. The molecule has 2 saturated heterocycles. The number of fused-ring (bicyclic) bond motifs is 5. The summed E-state index contributed by atoms with van der Waals surface area (Å²) in [6, 6.07) is 16.6. The lowest BCUT2D eigenvalue weighted by Crippen LogP contribution is -2.49. The smallest absolute Gasteiger partial charge is 0.407 e. The molecule has 0 spiro atoms. The Morgan fingerprint density at radius 1 is 1.10 bits per heavy atom. The molecule has 7 nitrogen and oxygen atoms in total. The summed E-state index contributed by atoms with van der Waals surface area (Å²) < 4.78 is 11.3. The summed E-state index contributed by atoms with van der Waals surface area (Å²) in [7, 11) is 0. The van der Waals surface area contributed by atoms with Crippen molar-refractivity contribution in [2.45, 2.75) is 25.2 Å². The van der Waals surface area contributed by atoms with Crippen molar-refractivity contribution in [3.63, 3.8) is 0 Å². The minimum absolute atomic E-state index is 0.0511. The lowest BCUT2D eigenvalue weighted by atomic mass is 9.77. The zero-order valence-electron chi connectivity index (χ0n) is 17.0. The highest BCUT2D eigenvalue weighted by Crippen LogP contribution is 2.52. The van der Waals surface area contributed by atoms with Crippen LogP contribution >= 0.6 is 0 Å². The minimum Gasteiger partial charge on any atom is -0.445 e. The standard InChI is InChI=1S/C24H22N2O5/c1-15-7-9-17(10-8-15)26-21(27)19-18-11-12-24(31-18,20(19)22(26)28)14-25-23(29)30-13-16-5-3-2-4-6-16/h2-12,18-20H,13-14H2,1H3,(H,25,29)/t18-,19+,20+,24+/m1/s1. The average Bonchev–Trinajstić information content (AvgIpc) is 3.43. The van der Waals surface area contributed by atoms with Crippen molar-refractivity contribution in [1.82, 2.24) is 5.32 Å². The number of carbonyl (C=O) groups excluding carboxylic acids is 3. The molecule has 0 aromatic heterocycles. The Kier molecular flexibility index (Phi) is 4.63. The Labute approximate surface area is 179 Å². The fourth-order valence-electron chi connectivity index (χ4n) is 4.64. The summed E-state index contributed by atoms with van der Waals surface area (Å²) in [6.45, 7) is 2.14. The fourth-order valence-corrected chi connectivity index (χ4v) is 4.64. The lowest BCUT2D eigenvalue weighted by Gasteiger charge is -2.28. The molecule has 1 N–H and O–H groups in total. The summed E-state index contributed by atoms with van der Waals surface area (Å²) in [5.74, 6) is -1.82. The second-order valence-corrected chi connectivity index (χ2v) is 8.16. The van der Waals surface area contributed by atoms with E-state index in [1.165, 1.54) is 4.90 Å². The molecule has 2 bridgehead atoms. The first-order valence-electron chi connectivity index (χ1n) is 10.2. The summed E-state index contributed by atoms with van der Waals surface area (Å²) in [5, 5.41) is 2.70. The first-order valence-corrected chi connectivity index (χ1v) is 10.2. The molecule has 2 aromatic carbocycles. The second-order valence-electron chi connectivity index (χ2n) is 8.16. The Morgan fingerprint density at radius 2 is 1.84 bits per heavy atom. The van der Waals surface area contributed by atoms with Crippen molar-refractivity contribution in [2.75, 3.05) is 11.4 Å². The molecule has 0 radical (unpaired) electrons. The van der Waals surface area contributed by atoms with Gasteiger partial charge in [0, 0.05) is 0 Å². The van der Waals surface area contributed by atoms with Crippen LogP contribution in [0.4, 0.5) is 10.5 Å². The van der Waals surface area contributed by atoms with Gasteiger partial charge in [0.2, 0.25) is 11.8 Å². The van der Waals surface area contributed by atoms with Gasteiger partial charge in [-0.2, -0.15) is 0 Å². The molecule has 0 saturated carbocycles. The Morgan fingerprint density at radius 3 is 2.58 bits per heavy atom. The molecule has 0 aliphatic carbocycles. The first-order chi connectivity index (χ1) is 15.0. The van der Waals surface area contributed by atoms with Crippen LogP contribution in [0.2, 0.25) is 0 Å². The molecule has 31 heavy (non-hydrogen) atoms. The van der Waals surface area contributed by atoms with Gasteiger partial charge in [-0.1, -0.05) is 60.2 Å². The van der Waals surface area contributed by atoms with E-state index in [9.17, 15) is 14.4 Å². The maximum absolute atomic E-state index is 13.3. The van der Waals surface area contributed by atoms with Crippen LogP contribution < -0.4 is 10.2 Å². The van der Waals surface area contributed by atoms with Gasteiger partial charge in [-0.3, -0.25) is 9.59 Å². The van der Waals surface area contributed by atoms with E-state index >= 15 is 0 Å². The van der Waals surface area contributed by atoms with Crippen molar-refractivity contribution in [3.05, 3.63) is 77.9 Å². The van der Waals surface area contributed by atoms with Gasteiger partial charge in [0.25, 0.3) is 0 Å². The van der Waals surface area contributed by atoms with Crippen LogP contribution in [-0.2, 0) is 25.7 Å². The van der Waals surface area contributed by atoms with Crippen molar-refractivity contribution < 1.29 is 23.9 Å². The molecule has 158 valence electrons. The predicted octanol–water partition coefficient (Wildman–Crippen LogP) is 2.73. The van der Waals surface area contributed by atoms with Crippen molar-refractivity contribution >= 4 is 23.6 Å². The van der Waals surface area contributed by atoms with E-state index in [-0.39, 0.29) is 25.0 Å². The number of rotatable bonds is 5. The van der Waals surface area contributed by atoms with Crippen LogP contribution in [0, 0.1) is 18.8 Å². The van der Waals surface area contributed by atoms with Gasteiger partial charge in [0.05, 0.1) is 30.2 Å². The van der Waals surface area contributed by atoms with Gasteiger partial charge in [-0.05, 0) is 24.6 Å². The molecule has 3 heterocycles. The van der Waals surface area contributed by atoms with Crippen LogP contribution in [0.3, 0.4) is 0 Å². The van der Waals surface area contributed by atoms with Crippen molar-refractivity contribution in [2.24, 2.45) is 11.8 Å². The molecule has 3 amide bonds. The maximum Gasteiger partial charge on any atom is 0.407 e. The van der Waals surface area contributed by atoms with Gasteiger partial charge >= 0.3 is 6.09 Å². The topological polar surface area (TPSA) is 84.9 Å². The molecule has 5 rings (SSSR count). The summed E-state index contributed by atoms with van der Waals surface area (Å²) in [5.41, 5.74) is 1.43. The number of nitrogens with zero attached hydrogens (tertiary/aromatic N) is 1. The largest absolute Gasteiger partial charge is 0.445 e. The van der Waals surface area contributed by atoms with E-state index in [0.29, 0.717) is 5.69 Å². The zero-order valence-corrected chi connectivity index (χ0v) is 17.0. The number of benzene rings is 2. The van der Waals surface area contributed by atoms with Crippen LogP contribution in [0.5, 0.6) is 0 Å². The van der Waals surface area contributed by atoms with Crippen LogP contribution in [0.1, 0.15) is 11.1 Å². The van der Waals surface area contributed by atoms with Crippen molar-refractivity contribution in [3.8, 4) is 0 Å². The van der Waals surface area contributed by atoms with Gasteiger partial charge < -0.3 is 14.8 Å². The van der Waals surface area contributed by atoms with E-state index in [0.717, 1.165) is 11.1 Å².